The smallest absolute Gasteiger partial charge is 0.306 e. The van der Waals surface area contributed by atoms with Crippen molar-refractivity contribution in [1.29, 1.82) is 0 Å². The zero-order valence-corrected chi connectivity index (χ0v) is 27.8. The van der Waals surface area contributed by atoms with E-state index in [9.17, 15) is 14.4 Å². The number of aliphatic carboxylic acids is 1. The maximum atomic E-state index is 13.9. The molecule has 2 aliphatic rings. The van der Waals surface area contributed by atoms with Crippen LogP contribution in [0, 0.1) is 5.92 Å². The van der Waals surface area contributed by atoms with E-state index in [1.54, 1.807) is 0 Å². The van der Waals surface area contributed by atoms with Crippen molar-refractivity contribution in [2.75, 3.05) is 5.32 Å². The maximum Gasteiger partial charge on any atom is 0.306 e. The third-order valence-electron chi connectivity index (χ3n) is 9.71. The molecule has 47 heavy (non-hydrogen) atoms. The van der Waals surface area contributed by atoms with E-state index in [0.717, 1.165) is 64.6 Å². The number of hydrogen-bond donors (Lipinski definition) is 2. The van der Waals surface area contributed by atoms with Gasteiger partial charge in [0.1, 0.15) is 17.6 Å². The third-order valence-corrected chi connectivity index (χ3v) is 9.71. The topological polar surface area (TPSA) is 102 Å². The fourth-order valence-corrected chi connectivity index (χ4v) is 7.21. The summed E-state index contributed by atoms with van der Waals surface area (Å²) in [6.45, 7) is 4.25. The minimum atomic E-state index is -1.01. The van der Waals surface area contributed by atoms with Crippen LogP contribution in [-0.2, 0) is 25.5 Å². The van der Waals surface area contributed by atoms with E-state index < -0.39 is 11.9 Å². The number of carbonyl (C=O) groups excluding carboxylic acids is 2. The average molecular weight is 640 g/mol. The summed E-state index contributed by atoms with van der Waals surface area (Å²) in [4.78, 5) is 37.5. The second-order valence-corrected chi connectivity index (χ2v) is 13.5. The molecule has 1 heterocycles. The Morgan fingerprint density at radius 3 is 2.21 bits per heavy atom. The van der Waals surface area contributed by atoms with Gasteiger partial charge in [-0.25, -0.2) is 0 Å². The van der Waals surface area contributed by atoms with Gasteiger partial charge in [0.15, 0.2) is 0 Å². The van der Waals surface area contributed by atoms with Gasteiger partial charge in [-0.1, -0.05) is 107 Å². The van der Waals surface area contributed by atoms with Crippen LogP contribution in [0.2, 0.25) is 0 Å². The molecule has 2 N–H and O–H groups in total. The zero-order chi connectivity index (χ0) is 33.2. The van der Waals surface area contributed by atoms with Gasteiger partial charge in [-0.3, -0.25) is 14.4 Å². The molecule has 3 aromatic rings. The fourth-order valence-electron chi connectivity index (χ4n) is 7.21. The van der Waals surface area contributed by atoms with Gasteiger partial charge in [0.05, 0.1) is 12.8 Å². The molecule has 1 atom stereocenters. The Labute approximate surface area is 279 Å². The van der Waals surface area contributed by atoms with E-state index in [2.05, 4.69) is 25.2 Å². The normalized spacial score (nSPS) is 15.3. The molecule has 1 aliphatic carbocycles. The molecule has 7 heteroatoms. The van der Waals surface area contributed by atoms with Crippen molar-refractivity contribution in [3.8, 4) is 11.5 Å². The summed E-state index contributed by atoms with van der Waals surface area (Å²) >= 11 is 0. The first kappa shape index (κ1) is 34.2. The Morgan fingerprint density at radius 2 is 1.55 bits per heavy atom. The lowest BCUT2D eigenvalue weighted by atomic mass is 9.85. The number of carboxylic acid groups (broad SMARTS) is 1. The number of hydrogen-bond acceptors (Lipinski definition) is 5. The van der Waals surface area contributed by atoms with Gasteiger partial charge < -0.3 is 19.9 Å². The van der Waals surface area contributed by atoms with Crippen molar-refractivity contribution < 1.29 is 29.0 Å². The second-order valence-electron chi connectivity index (χ2n) is 13.5. The summed E-state index contributed by atoms with van der Waals surface area (Å²) in [6, 6.07) is 21.9. The highest BCUT2D eigenvalue weighted by Crippen LogP contribution is 2.45. The summed E-state index contributed by atoms with van der Waals surface area (Å²) in [5, 5.41) is 12.4. The van der Waals surface area contributed by atoms with E-state index >= 15 is 0 Å². The van der Waals surface area contributed by atoms with Crippen LogP contribution >= 0.6 is 0 Å². The molecule has 1 amide bonds. The number of nitrogens with one attached hydrogen (secondary N) is 1. The van der Waals surface area contributed by atoms with Crippen molar-refractivity contribution in [1.82, 2.24) is 0 Å². The zero-order valence-electron chi connectivity index (χ0n) is 27.8. The number of rotatable bonds is 15. The Morgan fingerprint density at radius 1 is 0.872 bits per heavy atom. The molecule has 0 aromatic heterocycles. The van der Waals surface area contributed by atoms with Crippen molar-refractivity contribution >= 4 is 23.5 Å². The van der Waals surface area contributed by atoms with Crippen molar-refractivity contribution in [3.05, 3.63) is 89.0 Å². The minimum absolute atomic E-state index is 0.0695. The van der Waals surface area contributed by atoms with Gasteiger partial charge in [-0.05, 0) is 60.8 Å². The molecule has 1 aliphatic heterocycles. The highest BCUT2D eigenvalue weighted by atomic mass is 16.5. The molecule has 3 aromatic carbocycles. The summed E-state index contributed by atoms with van der Waals surface area (Å²) in [5.41, 5.74) is 4.91. The average Bonchev–Trinajstić information content (AvgIpc) is 3.07. The molecular formula is C40H49NO6. The van der Waals surface area contributed by atoms with Crippen LogP contribution in [0.5, 0.6) is 11.5 Å². The first-order valence-electron chi connectivity index (χ1n) is 17.5. The third kappa shape index (κ3) is 9.46. The summed E-state index contributed by atoms with van der Waals surface area (Å²) < 4.78 is 12.0. The Bertz CT molecular complexity index is 1480. The van der Waals surface area contributed by atoms with E-state index in [1.165, 1.54) is 32.1 Å². The highest BCUT2D eigenvalue weighted by molar-refractivity contribution is 5.93. The van der Waals surface area contributed by atoms with Gasteiger partial charge in [0, 0.05) is 29.2 Å². The van der Waals surface area contributed by atoms with Crippen molar-refractivity contribution in [2.24, 2.45) is 5.92 Å². The van der Waals surface area contributed by atoms with Crippen LogP contribution in [0.1, 0.15) is 125 Å². The van der Waals surface area contributed by atoms with Crippen LogP contribution in [-0.4, -0.2) is 29.1 Å². The number of anilines is 1. The number of para-hydroxylation sites is 3. The molecule has 1 saturated carbocycles. The largest absolute Gasteiger partial charge is 0.481 e. The number of carbonyl (C=O) groups is 3. The summed E-state index contributed by atoms with van der Waals surface area (Å²) in [5.74, 6) is 0.816. The predicted molar refractivity (Wildman–Crippen MR) is 184 cm³/mol. The molecule has 5 rings (SSSR count). The molecule has 1 fully saturated rings. The van der Waals surface area contributed by atoms with Crippen LogP contribution in [0.4, 0.5) is 5.69 Å². The Balaban J connectivity index is 1.30. The molecule has 0 spiro atoms. The van der Waals surface area contributed by atoms with Gasteiger partial charge in [0.2, 0.25) is 5.91 Å². The molecule has 0 saturated heterocycles. The van der Waals surface area contributed by atoms with Crippen LogP contribution < -0.4 is 10.1 Å². The second kappa shape index (κ2) is 16.6. The van der Waals surface area contributed by atoms with Gasteiger partial charge in [-0.15, -0.1) is 0 Å². The Kier molecular flexibility index (Phi) is 12.1. The van der Waals surface area contributed by atoms with Gasteiger partial charge in [0.25, 0.3) is 0 Å². The molecule has 7 nitrogen and oxygen atoms in total. The molecule has 1 unspecified atom stereocenters. The van der Waals surface area contributed by atoms with E-state index in [4.69, 9.17) is 14.6 Å². The lowest BCUT2D eigenvalue weighted by Crippen LogP contribution is -2.22. The fraction of sp³-hybridized carbons (Fsp3) is 0.475. The Hall–Kier alpha value is -4.13. The summed E-state index contributed by atoms with van der Waals surface area (Å²) in [7, 11) is 0. The molecule has 0 radical (unpaired) electrons. The minimum Gasteiger partial charge on any atom is -0.481 e. The van der Waals surface area contributed by atoms with E-state index in [0.29, 0.717) is 12.8 Å². The van der Waals surface area contributed by atoms with Gasteiger partial charge >= 0.3 is 11.9 Å². The molecular weight excluding hydrogens is 590 g/mol. The summed E-state index contributed by atoms with van der Waals surface area (Å²) in [6.07, 6.45) is 10.2. The quantitative estimate of drug-likeness (QED) is 0.161. The number of esters is 1. The number of aryl methyl sites for hydroxylation is 1. The van der Waals surface area contributed by atoms with E-state index in [1.807, 2.05) is 60.7 Å². The van der Waals surface area contributed by atoms with Crippen LogP contribution in [0.15, 0.2) is 66.7 Å². The number of ether oxygens (including phenoxy) is 2. The standard InChI is InChI=1S/C40H49NO6/c1-27(2)31-19-11-15-29(22-23-30(46-39(45)25-24-38(43)44)16-10-14-28-12-4-3-5-13-28)40(31)41-37(42)26-34-32-17-6-8-20-35(32)47-36-21-9-7-18-33(34)36/h6-9,11,15,17-21,27-28,30,34H,3-5,10,12-14,16,22-26H2,1-2H3,(H,41,42)(H,43,44). The number of benzene rings is 3. The van der Waals surface area contributed by atoms with Crippen LogP contribution in [0.25, 0.3) is 0 Å². The number of fused-ring (bicyclic) bond motifs is 2. The SMILES string of the molecule is CC(C)c1cccc(CCC(CCCC2CCCCC2)OC(=O)CCC(=O)O)c1NC(=O)CC1c2ccccc2Oc2ccccc21. The molecule has 250 valence electrons. The number of carboxylic acids is 1. The lowest BCUT2D eigenvalue weighted by molar-refractivity contribution is -0.152. The molecule has 0 bridgehead atoms. The van der Waals surface area contributed by atoms with Crippen molar-refractivity contribution in [3.63, 3.8) is 0 Å². The number of amides is 1. The lowest BCUT2D eigenvalue weighted by Gasteiger charge is -2.28. The van der Waals surface area contributed by atoms with E-state index in [-0.39, 0.29) is 43.1 Å². The monoisotopic (exact) mass is 639 g/mol. The maximum absolute atomic E-state index is 13.9. The van der Waals surface area contributed by atoms with Gasteiger partial charge in [-0.2, -0.15) is 0 Å². The predicted octanol–water partition coefficient (Wildman–Crippen LogP) is 9.54. The van der Waals surface area contributed by atoms with Crippen molar-refractivity contribution in [2.45, 2.75) is 115 Å². The first-order valence-corrected chi connectivity index (χ1v) is 17.5. The highest BCUT2D eigenvalue weighted by Gasteiger charge is 2.29. The van der Waals surface area contributed by atoms with Crippen LogP contribution in [0.3, 0.4) is 0 Å². The first-order chi connectivity index (χ1) is 22.8.